The molecule has 0 aliphatic rings. The number of aromatic amines is 1. The SMILES string of the molecule is Cc1nc(N)cc(Oc2cccc(-c3nnc(Nc4cccc(C(F)(F)F)c4)[nH]3)c2)n1. The summed E-state index contributed by atoms with van der Waals surface area (Å²) in [5, 5.41) is 10.8. The molecule has 0 saturated heterocycles. The van der Waals surface area contributed by atoms with Crippen molar-refractivity contribution < 1.29 is 17.9 Å². The molecule has 2 aromatic carbocycles. The number of benzene rings is 2. The van der Waals surface area contributed by atoms with Crippen LogP contribution in [0.5, 0.6) is 11.6 Å². The van der Waals surface area contributed by atoms with Crippen LogP contribution in [0.25, 0.3) is 11.4 Å². The van der Waals surface area contributed by atoms with E-state index >= 15 is 0 Å². The molecule has 0 unspecified atom stereocenters. The van der Waals surface area contributed by atoms with Crippen molar-refractivity contribution >= 4 is 17.5 Å². The van der Waals surface area contributed by atoms with Gasteiger partial charge in [-0.15, -0.1) is 10.2 Å². The van der Waals surface area contributed by atoms with Gasteiger partial charge in [0.2, 0.25) is 11.8 Å². The van der Waals surface area contributed by atoms with Gasteiger partial charge in [0.25, 0.3) is 0 Å². The van der Waals surface area contributed by atoms with Gasteiger partial charge in [0.05, 0.1) is 5.56 Å². The zero-order valence-electron chi connectivity index (χ0n) is 16.1. The maximum Gasteiger partial charge on any atom is 0.416 e. The van der Waals surface area contributed by atoms with E-state index in [2.05, 4.69) is 30.5 Å². The first kappa shape index (κ1) is 20.1. The highest BCUT2D eigenvalue weighted by molar-refractivity contribution is 5.61. The summed E-state index contributed by atoms with van der Waals surface area (Å²) >= 11 is 0. The fourth-order valence-electron chi connectivity index (χ4n) is 2.80. The van der Waals surface area contributed by atoms with Gasteiger partial charge in [-0.25, -0.2) is 4.98 Å². The Morgan fingerprint density at radius 1 is 1.00 bits per heavy atom. The Hall–Kier alpha value is -4.15. The Labute approximate surface area is 174 Å². The summed E-state index contributed by atoms with van der Waals surface area (Å²) in [6.07, 6.45) is -4.43. The third-order valence-corrected chi connectivity index (χ3v) is 4.10. The monoisotopic (exact) mass is 427 g/mol. The number of hydrogen-bond donors (Lipinski definition) is 3. The van der Waals surface area contributed by atoms with Crippen molar-refractivity contribution in [1.29, 1.82) is 0 Å². The quantitative estimate of drug-likeness (QED) is 0.423. The van der Waals surface area contributed by atoms with Crippen molar-refractivity contribution in [2.45, 2.75) is 13.1 Å². The molecule has 0 amide bonds. The highest BCUT2D eigenvalue weighted by Crippen LogP contribution is 2.31. The lowest BCUT2D eigenvalue weighted by Crippen LogP contribution is -2.05. The lowest BCUT2D eigenvalue weighted by atomic mass is 10.2. The van der Waals surface area contributed by atoms with Crippen molar-refractivity contribution in [1.82, 2.24) is 25.1 Å². The van der Waals surface area contributed by atoms with Gasteiger partial charge in [-0.1, -0.05) is 18.2 Å². The topological polar surface area (TPSA) is 115 Å². The molecule has 0 aliphatic carbocycles. The van der Waals surface area contributed by atoms with Crippen LogP contribution >= 0.6 is 0 Å². The van der Waals surface area contributed by atoms with Crippen LogP contribution in [-0.2, 0) is 6.18 Å². The highest BCUT2D eigenvalue weighted by atomic mass is 19.4. The molecular formula is C20H16F3N7O. The molecule has 158 valence electrons. The van der Waals surface area contributed by atoms with Crippen molar-refractivity contribution in [2.75, 3.05) is 11.1 Å². The van der Waals surface area contributed by atoms with Gasteiger partial charge in [-0.2, -0.15) is 18.2 Å². The van der Waals surface area contributed by atoms with Crippen LogP contribution in [0, 0.1) is 6.92 Å². The minimum atomic E-state index is -4.43. The normalized spacial score (nSPS) is 11.4. The number of nitrogens with two attached hydrogens (primary N) is 1. The van der Waals surface area contributed by atoms with Crippen LogP contribution in [0.3, 0.4) is 0 Å². The minimum absolute atomic E-state index is 0.194. The molecule has 8 nitrogen and oxygen atoms in total. The Kier molecular flexibility index (Phi) is 5.15. The second kappa shape index (κ2) is 7.94. The van der Waals surface area contributed by atoms with Crippen LogP contribution in [0.1, 0.15) is 11.4 Å². The molecule has 0 aliphatic heterocycles. The number of H-pyrrole nitrogens is 1. The van der Waals surface area contributed by atoms with Crippen LogP contribution in [0.2, 0.25) is 0 Å². The number of aromatic nitrogens is 5. The maximum absolute atomic E-state index is 12.9. The summed E-state index contributed by atoms with van der Waals surface area (Å²) in [5.74, 6) is 2.15. The number of aryl methyl sites for hydroxylation is 1. The molecule has 4 N–H and O–H groups in total. The maximum atomic E-state index is 12.9. The van der Waals surface area contributed by atoms with Gasteiger partial charge >= 0.3 is 6.18 Å². The molecule has 0 saturated carbocycles. The van der Waals surface area contributed by atoms with E-state index in [1.807, 2.05) is 0 Å². The smallest absolute Gasteiger partial charge is 0.416 e. The molecule has 0 spiro atoms. The van der Waals surface area contributed by atoms with E-state index in [1.54, 1.807) is 31.2 Å². The van der Waals surface area contributed by atoms with Crippen LogP contribution in [0.4, 0.5) is 30.6 Å². The summed E-state index contributed by atoms with van der Waals surface area (Å²) in [4.78, 5) is 11.1. The second-order valence-corrected chi connectivity index (χ2v) is 6.53. The number of alkyl halides is 3. The Morgan fingerprint density at radius 3 is 2.58 bits per heavy atom. The predicted molar refractivity (Wildman–Crippen MR) is 108 cm³/mol. The summed E-state index contributed by atoms with van der Waals surface area (Å²) in [5.41, 5.74) is 5.83. The van der Waals surface area contributed by atoms with Crippen molar-refractivity contribution in [3.05, 3.63) is 66.0 Å². The van der Waals surface area contributed by atoms with E-state index < -0.39 is 11.7 Å². The fraction of sp³-hybridized carbons (Fsp3) is 0.100. The highest BCUT2D eigenvalue weighted by Gasteiger charge is 2.30. The average molecular weight is 427 g/mol. The Balaban J connectivity index is 1.52. The minimum Gasteiger partial charge on any atom is -0.439 e. The lowest BCUT2D eigenvalue weighted by molar-refractivity contribution is -0.137. The Bertz CT molecular complexity index is 1200. The zero-order chi connectivity index (χ0) is 22.0. The van der Waals surface area contributed by atoms with E-state index in [0.29, 0.717) is 34.7 Å². The molecule has 4 rings (SSSR count). The molecule has 0 atom stereocenters. The number of ether oxygens (including phenoxy) is 1. The molecule has 0 bridgehead atoms. The number of nitrogen functional groups attached to an aromatic ring is 1. The van der Waals surface area contributed by atoms with Crippen molar-refractivity contribution in [3.8, 4) is 23.0 Å². The number of rotatable bonds is 5. The van der Waals surface area contributed by atoms with Crippen molar-refractivity contribution in [3.63, 3.8) is 0 Å². The van der Waals surface area contributed by atoms with Crippen LogP contribution in [-0.4, -0.2) is 25.1 Å². The molecule has 11 heteroatoms. The molecular weight excluding hydrogens is 411 g/mol. The van der Waals surface area contributed by atoms with E-state index in [0.717, 1.165) is 12.1 Å². The number of nitrogens with zero attached hydrogens (tertiary/aromatic N) is 4. The average Bonchev–Trinajstić information content (AvgIpc) is 3.15. The molecule has 4 aromatic rings. The molecule has 2 aromatic heterocycles. The molecule has 0 fully saturated rings. The second-order valence-electron chi connectivity index (χ2n) is 6.53. The summed E-state index contributed by atoms with van der Waals surface area (Å²) in [7, 11) is 0. The van der Waals surface area contributed by atoms with E-state index in [4.69, 9.17) is 10.5 Å². The zero-order valence-corrected chi connectivity index (χ0v) is 16.1. The van der Waals surface area contributed by atoms with E-state index in [-0.39, 0.29) is 11.6 Å². The van der Waals surface area contributed by atoms with Gasteiger partial charge in [0.1, 0.15) is 17.4 Å². The summed E-state index contributed by atoms with van der Waals surface area (Å²) < 4.78 is 44.4. The summed E-state index contributed by atoms with van der Waals surface area (Å²) in [6, 6.07) is 13.3. The largest absolute Gasteiger partial charge is 0.439 e. The Morgan fingerprint density at radius 2 is 1.81 bits per heavy atom. The van der Waals surface area contributed by atoms with Gasteiger partial charge in [-0.05, 0) is 37.3 Å². The third-order valence-electron chi connectivity index (χ3n) is 4.10. The number of halogens is 3. The number of hydrogen-bond acceptors (Lipinski definition) is 7. The van der Waals surface area contributed by atoms with Gasteiger partial charge < -0.3 is 20.8 Å². The van der Waals surface area contributed by atoms with Crippen LogP contribution in [0.15, 0.2) is 54.6 Å². The van der Waals surface area contributed by atoms with Gasteiger partial charge in [0.15, 0.2) is 5.82 Å². The standard InChI is InChI=1S/C20H16F3N7O/c1-11-25-16(24)10-17(26-11)31-15-7-2-4-12(8-15)18-28-19(30-29-18)27-14-6-3-5-13(9-14)20(21,22)23/h2-10H,1H3,(H2,24,25,26)(H2,27,28,29,30). The molecule has 2 heterocycles. The first-order chi connectivity index (χ1) is 14.8. The first-order valence-corrected chi connectivity index (χ1v) is 9.03. The predicted octanol–water partition coefficient (Wildman–Crippen LogP) is 4.71. The third kappa shape index (κ3) is 4.89. The number of anilines is 3. The van der Waals surface area contributed by atoms with Gasteiger partial charge in [-0.3, -0.25) is 0 Å². The lowest BCUT2D eigenvalue weighted by Gasteiger charge is -2.08. The van der Waals surface area contributed by atoms with E-state index in [1.165, 1.54) is 18.2 Å². The van der Waals surface area contributed by atoms with Crippen molar-refractivity contribution in [2.24, 2.45) is 0 Å². The first-order valence-electron chi connectivity index (χ1n) is 9.03. The molecule has 0 radical (unpaired) electrons. The number of nitrogens with one attached hydrogen (secondary N) is 2. The van der Waals surface area contributed by atoms with E-state index in [9.17, 15) is 13.2 Å². The van der Waals surface area contributed by atoms with Gasteiger partial charge in [0, 0.05) is 17.3 Å². The summed E-state index contributed by atoms with van der Waals surface area (Å²) in [6.45, 7) is 1.70. The molecule has 31 heavy (non-hydrogen) atoms. The van der Waals surface area contributed by atoms with Crippen LogP contribution < -0.4 is 15.8 Å². The fourth-order valence-corrected chi connectivity index (χ4v) is 2.80.